The first-order valence-electron chi connectivity index (χ1n) is 6.01. The first kappa shape index (κ1) is 14.8. The lowest BCUT2D eigenvalue weighted by atomic mass is 10.2. The van der Waals surface area contributed by atoms with E-state index in [2.05, 4.69) is 28.4 Å². The number of nitrogens with zero attached hydrogens (tertiary/aromatic N) is 2. The molecule has 1 N–H and O–H groups in total. The number of anilines is 2. The van der Waals surface area contributed by atoms with E-state index >= 15 is 0 Å². The number of aromatic nitrogens is 2. The Morgan fingerprint density at radius 3 is 2.29 bits per heavy atom. The lowest BCUT2D eigenvalue weighted by Crippen LogP contribution is -2.09. The number of alkyl halides is 3. The zero-order chi connectivity index (χ0) is 15.5. The molecule has 0 unspecified atom stereocenters. The summed E-state index contributed by atoms with van der Waals surface area (Å²) in [7, 11) is 0. The minimum Gasteiger partial charge on any atom is -0.325 e. The fourth-order valence-electron chi connectivity index (χ4n) is 1.68. The van der Waals surface area contributed by atoms with Gasteiger partial charge in [-0.2, -0.15) is 13.2 Å². The Morgan fingerprint density at radius 1 is 0.952 bits per heavy atom. The smallest absolute Gasteiger partial charge is 0.325 e. The molecule has 2 aromatic rings. The van der Waals surface area contributed by atoms with Gasteiger partial charge in [0, 0.05) is 0 Å². The molecule has 0 bridgehead atoms. The summed E-state index contributed by atoms with van der Waals surface area (Å²) in [5.41, 5.74) is 0.411. The highest BCUT2D eigenvalue weighted by Gasteiger charge is 2.32. The summed E-state index contributed by atoms with van der Waals surface area (Å²) in [5, 5.41) is 2.74. The summed E-state index contributed by atoms with van der Waals surface area (Å²) in [5.74, 6) is 0.445. The fraction of sp³-hybridized carbons (Fsp3) is 0.0667. The van der Waals surface area contributed by atoms with Crippen LogP contribution in [0.5, 0.6) is 0 Å². The second-order valence-electron chi connectivity index (χ2n) is 4.11. The molecule has 0 aromatic carbocycles. The summed E-state index contributed by atoms with van der Waals surface area (Å²) >= 11 is 0. The zero-order valence-electron chi connectivity index (χ0n) is 11.0. The molecule has 0 amide bonds. The lowest BCUT2D eigenvalue weighted by Gasteiger charge is -2.10. The van der Waals surface area contributed by atoms with Gasteiger partial charge in [-0.05, 0) is 35.9 Å². The molecule has 0 radical (unpaired) electrons. The molecule has 0 spiro atoms. The molecule has 6 heteroatoms. The van der Waals surface area contributed by atoms with Gasteiger partial charge in [0.15, 0.2) is 0 Å². The van der Waals surface area contributed by atoms with Gasteiger partial charge in [-0.1, -0.05) is 25.3 Å². The Kier molecular flexibility index (Phi) is 4.07. The third kappa shape index (κ3) is 3.47. The van der Waals surface area contributed by atoms with Gasteiger partial charge in [-0.15, -0.1) is 0 Å². The molecule has 0 fully saturated rings. The molecule has 3 nitrogen and oxygen atoms in total. The normalized spacial score (nSPS) is 11.0. The average molecular weight is 291 g/mol. The van der Waals surface area contributed by atoms with Crippen LogP contribution in [0.4, 0.5) is 24.8 Å². The molecule has 108 valence electrons. The minimum atomic E-state index is -4.48. The first-order chi connectivity index (χ1) is 9.94. The third-order valence-electron chi connectivity index (χ3n) is 2.67. The Labute approximate surface area is 119 Å². The van der Waals surface area contributed by atoms with Crippen molar-refractivity contribution < 1.29 is 13.2 Å². The average Bonchev–Trinajstić information content (AvgIpc) is 2.46. The van der Waals surface area contributed by atoms with Crippen LogP contribution >= 0.6 is 0 Å². The van der Waals surface area contributed by atoms with E-state index in [-0.39, 0.29) is 5.82 Å². The summed E-state index contributed by atoms with van der Waals surface area (Å²) in [4.78, 5) is 7.74. The van der Waals surface area contributed by atoms with Crippen molar-refractivity contribution in [2.75, 3.05) is 5.32 Å². The SMILES string of the molecule is C=Cc1ccc(Nc2cccc(C(F)(F)F)n2)nc1C=C. The molecule has 0 saturated heterocycles. The van der Waals surface area contributed by atoms with Crippen molar-refractivity contribution in [1.29, 1.82) is 0 Å². The lowest BCUT2D eigenvalue weighted by molar-refractivity contribution is -0.141. The maximum atomic E-state index is 12.6. The van der Waals surface area contributed by atoms with E-state index in [4.69, 9.17) is 0 Å². The third-order valence-corrected chi connectivity index (χ3v) is 2.67. The monoisotopic (exact) mass is 291 g/mol. The molecule has 2 aromatic heterocycles. The van der Waals surface area contributed by atoms with Crippen molar-refractivity contribution in [3.63, 3.8) is 0 Å². The zero-order valence-corrected chi connectivity index (χ0v) is 11.0. The van der Waals surface area contributed by atoms with E-state index in [0.29, 0.717) is 11.5 Å². The molecule has 0 saturated carbocycles. The predicted octanol–water partition coefficient (Wildman–Crippen LogP) is 4.53. The van der Waals surface area contributed by atoms with Crippen molar-refractivity contribution in [3.05, 3.63) is 60.4 Å². The van der Waals surface area contributed by atoms with Crippen LogP contribution in [0.2, 0.25) is 0 Å². The molecule has 0 aliphatic heterocycles. The van der Waals surface area contributed by atoms with Gasteiger partial charge in [0.2, 0.25) is 0 Å². The molecule has 2 heterocycles. The molecule has 0 aliphatic carbocycles. The molecular weight excluding hydrogens is 279 g/mol. The maximum Gasteiger partial charge on any atom is 0.433 e. The van der Waals surface area contributed by atoms with Crippen LogP contribution in [-0.4, -0.2) is 9.97 Å². The van der Waals surface area contributed by atoms with Gasteiger partial charge in [0.25, 0.3) is 0 Å². The first-order valence-corrected chi connectivity index (χ1v) is 6.01. The van der Waals surface area contributed by atoms with Crippen molar-refractivity contribution in [3.8, 4) is 0 Å². The Morgan fingerprint density at radius 2 is 1.67 bits per heavy atom. The number of nitrogens with one attached hydrogen (secondary N) is 1. The van der Waals surface area contributed by atoms with Crippen molar-refractivity contribution in [2.24, 2.45) is 0 Å². The van der Waals surface area contributed by atoms with Gasteiger partial charge in [-0.25, -0.2) is 9.97 Å². The predicted molar refractivity (Wildman–Crippen MR) is 76.9 cm³/mol. The van der Waals surface area contributed by atoms with Crippen molar-refractivity contribution >= 4 is 23.8 Å². The van der Waals surface area contributed by atoms with E-state index in [1.165, 1.54) is 12.1 Å². The van der Waals surface area contributed by atoms with Crippen LogP contribution < -0.4 is 5.32 Å². The molecule has 0 aliphatic rings. The van der Waals surface area contributed by atoms with Crippen LogP contribution in [-0.2, 0) is 6.18 Å². The van der Waals surface area contributed by atoms with Gasteiger partial charge in [-0.3, -0.25) is 0 Å². The maximum absolute atomic E-state index is 12.6. The van der Waals surface area contributed by atoms with Crippen molar-refractivity contribution in [1.82, 2.24) is 9.97 Å². The van der Waals surface area contributed by atoms with E-state index in [9.17, 15) is 13.2 Å². The van der Waals surface area contributed by atoms with Crippen LogP contribution in [0.1, 0.15) is 17.0 Å². The standard InChI is InChI=1S/C15H12F3N3/c1-3-10-8-9-14(19-11(10)4-2)21-13-7-5-6-12(20-13)15(16,17)18/h3-9H,1-2H2,(H,19,20,21). The molecular formula is C15H12F3N3. The Hall–Kier alpha value is -2.63. The highest BCUT2D eigenvalue weighted by molar-refractivity contribution is 5.64. The second-order valence-corrected chi connectivity index (χ2v) is 4.11. The summed E-state index contributed by atoms with van der Waals surface area (Å²) in [6.07, 6.45) is -1.32. The summed E-state index contributed by atoms with van der Waals surface area (Å²) in [6, 6.07) is 7.00. The van der Waals surface area contributed by atoms with E-state index in [1.54, 1.807) is 24.3 Å². The molecule has 2 rings (SSSR count). The van der Waals surface area contributed by atoms with Crippen LogP contribution in [0.3, 0.4) is 0 Å². The summed E-state index contributed by atoms with van der Waals surface area (Å²) in [6.45, 7) is 7.28. The Balaban J connectivity index is 2.30. The second kappa shape index (κ2) is 5.78. The van der Waals surface area contributed by atoms with Gasteiger partial charge < -0.3 is 5.32 Å². The minimum absolute atomic E-state index is 0.0682. The van der Waals surface area contributed by atoms with Gasteiger partial charge >= 0.3 is 6.18 Å². The van der Waals surface area contributed by atoms with E-state index < -0.39 is 11.9 Å². The van der Waals surface area contributed by atoms with Gasteiger partial charge in [0.1, 0.15) is 17.3 Å². The Bertz CT molecular complexity index is 678. The van der Waals surface area contributed by atoms with Crippen LogP contribution in [0, 0.1) is 0 Å². The highest BCUT2D eigenvalue weighted by Crippen LogP contribution is 2.28. The van der Waals surface area contributed by atoms with Crippen molar-refractivity contribution in [2.45, 2.75) is 6.18 Å². The topological polar surface area (TPSA) is 37.8 Å². The highest BCUT2D eigenvalue weighted by atomic mass is 19.4. The van der Waals surface area contributed by atoms with Crippen LogP contribution in [0.15, 0.2) is 43.5 Å². The largest absolute Gasteiger partial charge is 0.433 e. The number of pyridine rings is 2. The number of hydrogen-bond donors (Lipinski definition) is 1. The van der Waals surface area contributed by atoms with Crippen LogP contribution in [0.25, 0.3) is 12.2 Å². The number of rotatable bonds is 4. The quantitative estimate of drug-likeness (QED) is 0.899. The molecule has 21 heavy (non-hydrogen) atoms. The van der Waals surface area contributed by atoms with E-state index in [0.717, 1.165) is 11.6 Å². The molecule has 0 atom stereocenters. The van der Waals surface area contributed by atoms with E-state index in [1.807, 2.05) is 0 Å². The fourth-order valence-corrected chi connectivity index (χ4v) is 1.68. The number of hydrogen-bond acceptors (Lipinski definition) is 3. The van der Waals surface area contributed by atoms with Gasteiger partial charge in [0.05, 0.1) is 5.69 Å². The summed E-state index contributed by atoms with van der Waals surface area (Å²) < 4.78 is 37.8. The number of halogens is 3.